The van der Waals surface area contributed by atoms with E-state index in [1.54, 1.807) is 28.4 Å². The van der Waals surface area contributed by atoms with E-state index in [1.807, 2.05) is 18.2 Å². The van der Waals surface area contributed by atoms with Crippen molar-refractivity contribution in [3.05, 3.63) is 41.2 Å². The maximum Gasteiger partial charge on any atom is 0.200 e. The van der Waals surface area contributed by atoms with Crippen LogP contribution in [0.15, 0.2) is 30.7 Å². The Morgan fingerprint density at radius 2 is 2.12 bits per heavy atom. The van der Waals surface area contributed by atoms with Crippen LogP contribution < -0.4 is 0 Å². The van der Waals surface area contributed by atoms with Gasteiger partial charge in [-0.15, -0.1) is 16.4 Å². The van der Waals surface area contributed by atoms with Crippen LogP contribution in [0.4, 0.5) is 0 Å². The van der Waals surface area contributed by atoms with Crippen molar-refractivity contribution in [3.63, 3.8) is 0 Å². The van der Waals surface area contributed by atoms with E-state index in [4.69, 9.17) is 4.98 Å². The van der Waals surface area contributed by atoms with Crippen molar-refractivity contribution in [3.8, 4) is 11.5 Å². The molecule has 0 unspecified atom stereocenters. The minimum Gasteiger partial charge on any atom is -0.296 e. The van der Waals surface area contributed by atoms with Gasteiger partial charge < -0.3 is 0 Å². The van der Waals surface area contributed by atoms with Crippen molar-refractivity contribution in [1.82, 2.24) is 29.5 Å². The van der Waals surface area contributed by atoms with Crippen LogP contribution in [-0.2, 0) is 13.0 Å². The molecule has 0 bridgehead atoms. The highest BCUT2D eigenvalue weighted by atomic mass is 32.1. The average Bonchev–Trinajstić information content (AvgIpc) is 3.22. The first kappa shape index (κ1) is 14.9. The molecule has 1 aliphatic rings. The van der Waals surface area contributed by atoms with Crippen molar-refractivity contribution in [2.75, 3.05) is 6.54 Å². The maximum atomic E-state index is 4.79. The fourth-order valence-corrected chi connectivity index (χ4v) is 4.66. The molecule has 4 aromatic rings. The molecule has 0 fully saturated rings. The lowest BCUT2D eigenvalue weighted by Crippen LogP contribution is -2.35. The van der Waals surface area contributed by atoms with Gasteiger partial charge in [0.15, 0.2) is 5.65 Å². The van der Waals surface area contributed by atoms with Crippen molar-refractivity contribution in [2.24, 2.45) is 0 Å². The summed E-state index contributed by atoms with van der Waals surface area (Å²) in [6, 6.07) is 6.35. The minimum atomic E-state index is 0.565. The number of nitrogens with zero attached hydrogens (tertiary/aromatic N) is 6. The Kier molecular flexibility index (Phi) is 3.33. The van der Waals surface area contributed by atoms with Crippen LogP contribution >= 0.6 is 11.3 Å². The van der Waals surface area contributed by atoms with Crippen LogP contribution in [0.2, 0.25) is 0 Å². The predicted octanol–water partition coefficient (Wildman–Crippen LogP) is 3.17. The Morgan fingerprint density at radius 1 is 1.20 bits per heavy atom. The summed E-state index contributed by atoms with van der Waals surface area (Å²) in [4.78, 5) is 18.8. The molecule has 5 heterocycles. The van der Waals surface area contributed by atoms with Gasteiger partial charge in [0.2, 0.25) is 5.82 Å². The quantitative estimate of drug-likeness (QED) is 0.556. The topological polar surface area (TPSA) is 59.2 Å². The Hall–Kier alpha value is -2.38. The van der Waals surface area contributed by atoms with Gasteiger partial charge >= 0.3 is 0 Å². The summed E-state index contributed by atoms with van der Waals surface area (Å²) in [5.74, 6) is 0.648. The summed E-state index contributed by atoms with van der Waals surface area (Å²) in [6.07, 6.45) is 4.57. The van der Waals surface area contributed by atoms with Crippen molar-refractivity contribution in [1.29, 1.82) is 0 Å². The molecule has 1 aliphatic heterocycles. The largest absolute Gasteiger partial charge is 0.296 e. The van der Waals surface area contributed by atoms with Gasteiger partial charge in [-0.2, -0.15) is 0 Å². The van der Waals surface area contributed by atoms with E-state index < -0.39 is 0 Å². The number of pyridine rings is 1. The number of hydrogen-bond donors (Lipinski definition) is 0. The fraction of sp³-hybridized carbons (Fsp3) is 0.333. The molecule has 0 aliphatic carbocycles. The van der Waals surface area contributed by atoms with Gasteiger partial charge in [-0.3, -0.25) is 9.88 Å². The third-order valence-electron chi connectivity index (χ3n) is 4.83. The third-order valence-corrected chi connectivity index (χ3v) is 5.96. The lowest BCUT2D eigenvalue weighted by Gasteiger charge is -2.30. The summed E-state index contributed by atoms with van der Waals surface area (Å²) in [6.45, 7) is 6.60. The zero-order valence-electron chi connectivity index (χ0n) is 14.2. The monoisotopic (exact) mass is 350 g/mol. The smallest absolute Gasteiger partial charge is 0.200 e. The highest BCUT2D eigenvalue weighted by Gasteiger charge is 2.25. The van der Waals surface area contributed by atoms with Crippen LogP contribution in [0.5, 0.6) is 0 Å². The maximum absolute atomic E-state index is 4.79. The standard InChI is InChI=1S/C18H18N6S/c1-11(2)23-8-6-12-14(9-23)25-18-15(12)17-21-16(22-24(17)10-20-18)13-5-3-4-7-19-13/h3-5,7,10-11H,6,8-9H2,1-2H3. The second-order valence-corrected chi connectivity index (χ2v) is 7.74. The molecule has 0 saturated carbocycles. The van der Waals surface area contributed by atoms with E-state index in [9.17, 15) is 0 Å². The molecule has 0 atom stereocenters. The minimum absolute atomic E-state index is 0.565. The summed E-state index contributed by atoms with van der Waals surface area (Å²) in [5.41, 5.74) is 3.07. The second-order valence-electron chi connectivity index (χ2n) is 6.66. The lowest BCUT2D eigenvalue weighted by molar-refractivity contribution is 0.206. The van der Waals surface area contributed by atoms with Gasteiger partial charge in [-0.1, -0.05) is 6.07 Å². The SMILES string of the molecule is CC(C)N1CCc2c(sc3ncn4nc(-c5ccccn5)nc4c23)C1. The molecule has 7 heteroatoms. The Balaban J connectivity index is 1.69. The van der Waals surface area contributed by atoms with Crippen LogP contribution in [0.1, 0.15) is 24.3 Å². The zero-order valence-corrected chi connectivity index (χ0v) is 15.0. The number of hydrogen-bond acceptors (Lipinski definition) is 6. The summed E-state index contributed by atoms with van der Waals surface area (Å²) < 4.78 is 1.79. The van der Waals surface area contributed by atoms with Crippen LogP contribution in [0.25, 0.3) is 27.4 Å². The van der Waals surface area contributed by atoms with Gasteiger partial charge in [0.1, 0.15) is 16.9 Å². The molecule has 0 aromatic carbocycles. The van der Waals surface area contributed by atoms with Gasteiger partial charge in [-0.05, 0) is 38.0 Å². The molecular formula is C18H18N6S. The Bertz CT molecular complexity index is 1070. The van der Waals surface area contributed by atoms with Crippen molar-refractivity contribution < 1.29 is 0 Å². The first-order valence-electron chi connectivity index (χ1n) is 8.52. The van der Waals surface area contributed by atoms with Crippen molar-refractivity contribution in [2.45, 2.75) is 32.9 Å². The molecule has 0 spiro atoms. The van der Waals surface area contributed by atoms with Crippen LogP contribution in [-0.4, -0.2) is 42.1 Å². The van der Waals surface area contributed by atoms with E-state index >= 15 is 0 Å². The molecule has 0 N–H and O–H groups in total. The number of thiophene rings is 1. The van der Waals surface area contributed by atoms with E-state index in [1.165, 1.54) is 15.8 Å². The van der Waals surface area contributed by atoms with E-state index in [2.05, 4.69) is 33.8 Å². The van der Waals surface area contributed by atoms with Crippen LogP contribution in [0, 0.1) is 0 Å². The Labute approximate surface area is 149 Å². The van der Waals surface area contributed by atoms with Gasteiger partial charge in [0.25, 0.3) is 0 Å². The lowest BCUT2D eigenvalue weighted by atomic mass is 10.0. The molecule has 0 amide bonds. The van der Waals surface area contributed by atoms with E-state index in [-0.39, 0.29) is 0 Å². The fourth-order valence-electron chi connectivity index (χ4n) is 3.46. The molecule has 126 valence electrons. The summed E-state index contributed by atoms with van der Waals surface area (Å²) in [5, 5.41) is 5.75. The van der Waals surface area contributed by atoms with Crippen molar-refractivity contribution >= 4 is 27.2 Å². The normalized spacial score (nSPS) is 15.3. The first-order valence-corrected chi connectivity index (χ1v) is 9.33. The predicted molar refractivity (Wildman–Crippen MR) is 98.6 cm³/mol. The first-order chi connectivity index (χ1) is 12.2. The summed E-state index contributed by atoms with van der Waals surface area (Å²) >= 11 is 1.79. The van der Waals surface area contributed by atoms with Crippen LogP contribution in [0.3, 0.4) is 0 Å². The average molecular weight is 350 g/mol. The molecule has 6 nitrogen and oxygen atoms in total. The Morgan fingerprint density at radius 3 is 2.92 bits per heavy atom. The highest BCUT2D eigenvalue weighted by Crippen LogP contribution is 2.36. The molecule has 0 radical (unpaired) electrons. The second kappa shape index (κ2) is 5.57. The molecule has 25 heavy (non-hydrogen) atoms. The summed E-state index contributed by atoms with van der Waals surface area (Å²) in [7, 11) is 0. The molecule has 5 rings (SSSR count). The van der Waals surface area contributed by atoms with E-state index in [0.717, 1.165) is 35.7 Å². The molecule has 0 saturated heterocycles. The molecule has 4 aromatic heterocycles. The zero-order chi connectivity index (χ0) is 17.0. The number of rotatable bonds is 2. The third kappa shape index (κ3) is 2.34. The van der Waals surface area contributed by atoms with Gasteiger partial charge in [-0.25, -0.2) is 14.5 Å². The number of aromatic nitrogens is 5. The van der Waals surface area contributed by atoms with Gasteiger partial charge in [0.05, 0.1) is 5.39 Å². The molecular weight excluding hydrogens is 332 g/mol. The highest BCUT2D eigenvalue weighted by molar-refractivity contribution is 7.19. The van der Waals surface area contributed by atoms with Gasteiger partial charge in [0, 0.05) is 30.2 Å². The number of fused-ring (bicyclic) bond motifs is 5. The van der Waals surface area contributed by atoms with E-state index in [0.29, 0.717) is 11.9 Å².